The van der Waals surface area contributed by atoms with Crippen LogP contribution in [-0.4, -0.2) is 29.0 Å². The first-order valence-electron chi connectivity index (χ1n) is 6.98. The third-order valence-corrected chi connectivity index (χ3v) is 5.29. The molecule has 0 N–H and O–H groups in total. The molecule has 2 nitrogen and oxygen atoms in total. The van der Waals surface area contributed by atoms with E-state index >= 15 is 0 Å². The molecule has 1 aromatic rings. The fourth-order valence-corrected chi connectivity index (χ4v) is 3.75. The topological polar surface area (TPSA) is 18.5 Å². The van der Waals surface area contributed by atoms with Crippen LogP contribution in [0.25, 0.3) is 6.08 Å². The molecule has 0 unspecified atom stereocenters. The van der Waals surface area contributed by atoms with Crippen LogP contribution in [0.2, 0.25) is 6.04 Å². The lowest BCUT2D eigenvalue weighted by Crippen LogP contribution is -2.25. The zero-order chi connectivity index (χ0) is 13.9. The number of ether oxygens (including phenoxy) is 1. The highest BCUT2D eigenvalue weighted by molar-refractivity contribution is 6.51. The fraction of sp³-hybridized carbons (Fsp3) is 0.500. The van der Waals surface area contributed by atoms with Crippen molar-refractivity contribution in [3.63, 3.8) is 0 Å². The van der Waals surface area contributed by atoms with Gasteiger partial charge in [-0.2, -0.15) is 0 Å². The third kappa shape index (κ3) is 6.19. The Kier molecular flexibility index (Phi) is 8.46. The van der Waals surface area contributed by atoms with Crippen LogP contribution in [0.5, 0.6) is 0 Å². The first-order chi connectivity index (χ1) is 9.31. The molecule has 0 aromatic heterocycles. The Bertz CT molecular complexity index is 360. The lowest BCUT2D eigenvalue weighted by Gasteiger charge is -2.14. The standard InChI is InChI=1S/C16H25O2Si/c1-4-13-19(14-17-3)18-12-8-11-16-10-7-6-9-15(16)5-2/h5-7,9-10H,2,4,8,11-14H2,1,3H3. The molecule has 0 fully saturated rings. The summed E-state index contributed by atoms with van der Waals surface area (Å²) in [7, 11) is 0.996. The van der Waals surface area contributed by atoms with Gasteiger partial charge < -0.3 is 9.16 Å². The number of benzene rings is 1. The monoisotopic (exact) mass is 277 g/mol. The molecular formula is C16H25O2Si. The minimum atomic E-state index is -0.758. The predicted molar refractivity (Wildman–Crippen MR) is 83.5 cm³/mol. The van der Waals surface area contributed by atoms with E-state index in [0.717, 1.165) is 25.7 Å². The summed E-state index contributed by atoms with van der Waals surface area (Å²) in [5.74, 6) is 0. The molecule has 0 spiro atoms. The van der Waals surface area contributed by atoms with Crippen molar-refractivity contribution in [1.82, 2.24) is 0 Å². The second kappa shape index (κ2) is 9.95. The second-order valence-corrected chi connectivity index (χ2v) is 6.73. The summed E-state index contributed by atoms with van der Waals surface area (Å²) in [5.41, 5.74) is 2.59. The van der Waals surface area contributed by atoms with Gasteiger partial charge in [0.05, 0.1) is 6.23 Å². The zero-order valence-corrected chi connectivity index (χ0v) is 13.2. The van der Waals surface area contributed by atoms with E-state index in [9.17, 15) is 0 Å². The van der Waals surface area contributed by atoms with Crippen molar-refractivity contribution in [2.45, 2.75) is 32.2 Å². The molecule has 0 aliphatic heterocycles. The Morgan fingerprint density at radius 2 is 2.11 bits per heavy atom. The summed E-state index contributed by atoms with van der Waals surface area (Å²) in [5, 5.41) is 0. The average molecular weight is 277 g/mol. The van der Waals surface area contributed by atoms with E-state index in [-0.39, 0.29) is 0 Å². The molecule has 0 heterocycles. The van der Waals surface area contributed by atoms with E-state index in [2.05, 4.69) is 37.8 Å². The minimum absolute atomic E-state index is 0.758. The number of methoxy groups -OCH3 is 1. The van der Waals surface area contributed by atoms with E-state index < -0.39 is 9.04 Å². The lowest BCUT2D eigenvalue weighted by atomic mass is 10.0. The van der Waals surface area contributed by atoms with E-state index in [1.807, 2.05) is 6.08 Å². The predicted octanol–water partition coefficient (Wildman–Crippen LogP) is 3.87. The highest BCUT2D eigenvalue weighted by Gasteiger charge is 2.11. The van der Waals surface area contributed by atoms with Crippen LogP contribution in [-0.2, 0) is 15.6 Å². The van der Waals surface area contributed by atoms with Crippen LogP contribution >= 0.6 is 0 Å². The van der Waals surface area contributed by atoms with Gasteiger partial charge in [-0.05, 0) is 30.0 Å². The lowest BCUT2D eigenvalue weighted by molar-refractivity contribution is 0.215. The minimum Gasteiger partial charge on any atom is -0.414 e. The normalized spacial score (nSPS) is 10.9. The van der Waals surface area contributed by atoms with E-state index in [4.69, 9.17) is 9.16 Å². The molecule has 0 saturated heterocycles. The van der Waals surface area contributed by atoms with Crippen LogP contribution < -0.4 is 0 Å². The summed E-state index contributed by atoms with van der Waals surface area (Å²) < 4.78 is 11.2. The van der Waals surface area contributed by atoms with Crippen molar-refractivity contribution in [1.29, 1.82) is 0 Å². The van der Waals surface area contributed by atoms with Gasteiger partial charge in [-0.3, -0.25) is 0 Å². The van der Waals surface area contributed by atoms with Gasteiger partial charge >= 0.3 is 0 Å². The Morgan fingerprint density at radius 1 is 1.32 bits per heavy atom. The summed E-state index contributed by atoms with van der Waals surface area (Å²) in [6, 6.07) is 9.59. The Hall–Kier alpha value is -0.903. The maximum atomic E-state index is 5.97. The second-order valence-electron chi connectivity index (χ2n) is 4.58. The van der Waals surface area contributed by atoms with Crippen LogP contribution in [0.15, 0.2) is 30.8 Å². The summed E-state index contributed by atoms with van der Waals surface area (Å²) in [6.07, 6.45) is 6.01. The SMILES string of the molecule is C=Cc1ccccc1CCCO[Si](CCC)COC. The van der Waals surface area contributed by atoms with Gasteiger partial charge in [0.15, 0.2) is 0 Å². The summed E-state index contributed by atoms with van der Waals surface area (Å²) >= 11 is 0. The molecule has 0 aliphatic carbocycles. The molecule has 0 saturated carbocycles. The van der Waals surface area contributed by atoms with Crippen LogP contribution in [0.1, 0.15) is 30.9 Å². The van der Waals surface area contributed by atoms with Gasteiger partial charge in [0.1, 0.15) is 0 Å². The van der Waals surface area contributed by atoms with Crippen molar-refractivity contribution in [3.8, 4) is 0 Å². The maximum absolute atomic E-state index is 5.97. The molecule has 3 heteroatoms. The molecule has 0 bridgehead atoms. The van der Waals surface area contributed by atoms with Gasteiger partial charge in [-0.1, -0.05) is 50.3 Å². The van der Waals surface area contributed by atoms with Gasteiger partial charge in [0, 0.05) is 13.7 Å². The number of hydrogen-bond acceptors (Lipinski definition) is 2. The Labute approximate surface area is 119 Å². The summed E-state index contributed by atoms with van der Waals surface area (Å²) in [6.45, 7) is 6.89. The first kappa shape index (κ1) is 16.2. The van der Waals surface area contributed by atoms with Gasteiger partial charge in [-0.15, -0.1) is 0 Å². The van der Waals surface area contributed by atoms with Crippen molar-refractivity contribution in [2.75, 3.05) is 19.9 Å². The van der Waals surface area contributed by atoms with Crippen LogP contribution in [0.4, 0.5) is 0 Å². The quantitative estimate of drug-likeness (QED) is 0.477. The first-order valence-corrected chi connectivity index (χ1v) is 8.80. The molecule has 19 heavy (non-hydrogen) atoms. The zero-order valence-electron chi connectivity index (χ0n) is 12.2. The average Bonchev–Trinajstić information content (AvgIpc) is 2.44. The smallest absolute Gasteiger partial charge is 0.238 e. The molecule has 1 aromatic carbocycles. The highest BCUT2D eigenvalue weighted by atomic mass is 28.3. The fourth-order valence-electron chi connectivity index (χ4n) is 2.07. The van der Waals surface area contributed by atoms with E-state index in [1.165, 1.54) is 23.6 Å². The van der Waals surface area contributed by atoms with Crippen molar-refractivity contribution < 1.29 is 9.16 Å². The number of rotatable bonds is 10. The molecular weight excluding hydrogens is 252 g/mol. The molecule has 1 radical (unpaired) electrons. The third-order valence-electron chi connectivity index (χ3n) is 3.01. The van der Waals surface area contributed by atoms with Gasteiger partial charge in [-0.25, -0.2) is 0 Å². The molecule has 1 rings (SSSR count). The van der Waals surface area contributed by atoms with Crippen molar-refractivity contribution >= 4 is 15.1 Å². The number of aryl methyl sites for hydroxylation is 1. The van der Waals surface area contributed by atoms with Crippen LogP contribution in [0, 0.1) is 0 Å². The molecule has 0 aliphatic rings. The van der Waals surface area contributed by atoms with E-state index in [0.29, 0.717) is 0 Å². The van der Waals surface area contributed by atoms with Crippen molar-refractivity contribution in [2.24, 2.45) is 0 Å². The van der Waals surface area contributed by atoms with Gasteiger partial charge in [0.25, 0.3) is 0 Å². The highest BCUT2D eigenvalue weighted by Crippen LogP contribution is 2.12. The molecule has 105 valence electrons. The Morgan fingerprint density at radius 3 is 2.79 bits per heavy atom. The molecule has 0 atom stereocenters. The van der Waals surface area contributed by atoms with Gasteiger partial charge in [0.2, 0.25) is 9.04 Å². The van der Waals surface area contributed by atoms with Crippen LogP contribution in [0.3, 0.4) is 0 Å². The molecule has 0 amide bonds. The largest absolute Gasteiger partial charge is 0.414 e. The Balaban J connectivity index is 2.31. The summed E-state index contributed by atoms with van der Waals surface area (Å²) in [4.78, 5) is 0. The van der Waals surface area contributed by atoms with Crippen molar-refractivity contribution in [3.05, 3.63) is 42.0 Å². The van der Waals surface area contributed by atoms with E-state index in [1.54, 1.807) is 7.11 Å². The number of hydrogen-bond donors (Lipinski definition) is 0. The maximum Gasteiger partial charge on any atom is 0.238 e.